The number of carbonyl (C=O) groups is 2. The minimum atomic E-state index is -0.755. The molecule has 1 N–H and O–H groups in total. The van der Waals surface area contributed by atoms with Gasteiger partial charge in [0, 0.05) is 30.4 Å². The molecule has 3 rings (SSSR count). The summed E-state index contributed by atoms with van der Waals surface area (Å²) >= 11 is 5.95. The van der Waals surface area contributed by atoms with E-state index in [-0.39, 0.29) is 11.8 Å². The van der Waals surface area contributed by atoms with E-state index in [9.17, 15) is 9.59 Å². The van der Waals surface area contributed by atoms with Gasteiger partial charge in [0.25, 0.3) is 0 Å². The molecule has 1 aliphatic carbocycles. The number of pyridine rings is 1. The van der Waals surface area contributed by atoms with E-state index in [1.165, 1.54) is 12.2 Å². The molecule has 1 aliphatic rings. The second kappa shape index (κ2) is 8.89. The summed E-state index contributed by atoms with van der Waals surface area (Å²) in [6, 6.07) is 7.57. The standard InChI is InChI=1S/C21H22ClN3O3/c1-3-10-25(21(27)24-15-8-9-19(26)18(22)11-15)13-14-12-23-20(28-2)17-7-5-4-6-16(14)17/h4-9,11-12,18H,3,10,13H2,1-2H3,(H,24,27)/t18-/m0/s1. The van der Waals surface area contributed by atoms with Crippen LogP contribution in [-0.2, 0) is 11.3 Å². The number of urea groups is 1. The second-order valence-electron chi connectivity index (χ2n) is 6.45. The number of aromatic nitrogens is 1. The Morgan fingerprint density at radius 1 is 1.29 bits per heavy atom. The van der Waals surface area contributed by atoms with Crippen molar-refractivity contribution < 1.29 is 14.3 Å². The Bertz CT molecular complexity index is 955. The van der Waals surface area contributed by atoms with Crippen molar-refractivity contribution in [3.8, 4) is 5.88 Å². The number of hydrogen-bond donors (Lipinski definition) is 1. The topological polar surface area (TPSA) is 71.5 Å². The van der Waals surface area contributed by atoms with Crippen LogP contribution in [0.25, 0.3) is 10.8 Å². The van der Waals surface area contributed by atoms with Crippen LogP contribution in [0.3, 0.4) is 0 Å². The summed E-state index contributed by atoms with van der Waals surface area (Å²) in [6.45, 7) is 2.99. The number of rotatable bonds is 6. The molecule has 0 fully saturated rings. The van der Waals surface area contributed by atoms with Crippen LogP contribution >= 0.6 is 11.6 Å². The number of nitrogens with zero attached hydrogens (tertiary/aromatic N) is 2. The Labute approximate surface area is 168 Å². The summed E-state index contributed by atoms with van der Waals surface area (Å²) in [5.41, 5.74) is 1.45. The third-order valence-electron chi connectivity index (χ3n) is 4.45. The van der Waals surface area contributed by atoms with Gasteiger partial charge in [0.15, 0.2) is 5.78 Å². The molecule has 0 spiro atoms. The predicted molar refractivity (Wildman–Crippen MR) is 109 cm³/mol. The Kier molecular flexibility index (Phi) is 6.31. The Balaban J connectivity index is 1.83. The van der Waals surface area contributed by atoms with Gasteiger partial charge in [0.05, 0.1) is 7.11 Å². The van der Waals surface area contributed by atoms with Gasteiger partial charge in [0.2, 0.25) is 5.88 Å². The van der Waals surface area contributed by atoms with E-state index in [2.05, 4.69) is 10.3 Å². The number of fused-ring (bicyclic) bond motifs is 1. The maximum Gasteiger partial charge on any atom is 0.322 e. The highest BCUT2D eigenvalue weighted by Crippen LogP contribution is 2.26. The Morgan fingerprint density at radius 2 is 2.04 bits per heavy atom. The number of nitrogens with one attached hydrogen (secondary N) is 1. The van der Waals surface area contributed by atoms with Crippen LogP contribution in [0.2, 0.25) is 0 Å². The van der Waals surface area contributed by atoms with Crippen LogP contribution in [0.5, 0.6) is 5.88 Å². The van der Waals surface area contributed by atoms with Crippen molar-refractivity contribution in [2.75, 3.05) is 13.7 Å². The van der Waals surface area contributed by atoms with E-state index >= 15 is 0 Å². The van der Waals surface area contributed by atoms with Crippen molar-refractivity contribution >= 4 is 34.2 Å². The molecule has 2 amide bonds. The van der Waals surface area contributed by atoms with E-state index < -0.39 is 5.38 Å². The van der Waals surface area contributed by atoms with E-state index in [1.54, 1.807) is 24.3 Å². The molecule has 0 saturated carbocycles. The first-order valence-corrected chi connectivity index (χ1v) is 9.51. The zero-order valence-electron chi connectivity index (χ0n) is 15.8. The smallest absolute Gasteiger partial charge is 0.322 e. The van der Waals surface area contributed by atoms with E-state index in [1.807, 2.05) is 31.2 Å². The number of hydrogen-bond acceptors (Lipinski definition) is 4. The lowest BCUT2D eigenvalue weighted by Crippen LogP contribution is -2.40. The fourth-order valence-electron chi connectivity index (χ4n) is 3.09. The summed E-state index contributed by atoms with van der Waals surface area (Å²) in [7, 11) is 1.59. The molecule has 1 atom stereocenters. The minimum absolute atomic E-state index is 0.194. The van der Waals surface area contributed by atoms with Crippen LogP contribution in [0, 0.1) is 0 Å². The van der Waals surface area contributed by atoms with Gasteiger partial charge in [-0.15, -0.1) is 11.6 Å². The van der Waals surface area contributed by atoms with Crippen molar-refractivity contribution in [1.82, 2.24) is 15.2 Å². The Morgan fingerprint density at radius 3 is 2.71 bits per heavy atom. The molecule has 0 bridgehead atoms. The highest BCUT2D eigenvalue weighted by atomic mass is 35.5. The number of allylic oxidation sites excluding steroid dienone is 3. The molecule has 0 aliphatic heterocycles. The first-order valence-electron chi connectivity index (χ1n) is 9.07. The summed E-state index contributed by atoms with van der Waals surface area (Å²) < 4.78 is 5.34. The van der Waals surface area contributed by atoms with Crippen molar-refractivity contribution in [2.45, 2.75) is 25.3 Å². The molecule has 28 heavy (non-hydrogen) atoms. The zero-order valence-corrected chi connectivity index (χ0v) is 16.6. The summed E-state index contributed by atoms with van der Waals surface area (Å²) in [4.78, 5) is 30.4. The molecule has 7 heteroatoms. The van der Waals surface area contributed by atoms with Gasteiger partial charge in [0.1, 0.15) is 5.38 Å². The van der Waals surface area contributed by atoms with Crippen molar-refractivity contribution in [2.24, 2.45) is 0 Å². The lowest BCUT2D eigenvalue weighted by Gasteiger charge is -2.24. The van der Waals surface area contributed by atoms with Gasteiger partial charge < -0.3 is 15.0 Å². The number of methoxy groups -OCH3 is 1. The second-order valence-corrected chi connectivity index (χ2v) is 6.92. The number of halogens is 1. The van der Waals surface area contributed by atoms with Crippen LogP contribution in [0.15, 0.2) is 54.4 Å². The fraction of sp³-hybridized carbons (Fsp3) is 0.286. The number of carbonyl (C=O) groups excluding carboxylic acids is 2. The normalized spacial score (nSPS) is 16.0. The van der Waals surface area contributed by atoms with Gasteiger partial charge >= 0.3 is 6.03 Å². The van der Waals surface area contributed by atoms with Gasteiger partial charge in [-0.3, -0.25) is 4.79 Å². The quantitative estimate of drug-likeness (QED) is 0.750. The van der Waals surface area contributed by atoms with E-state index in [0.717, 1.165) is 22.8 Å². The molecule has 1 aromatic carbocycles. The number of ketones is 1. The van der Waals surface area contributed by atoms with E-state index in [0.29, 0.717) is 24.7 Å². The highest BCUT2D eigenvalue weighted by Gasteiger charge is 2.20. The molecule has 146 valence electrons. The van der Waals surface area contributed by atoms with Crippen LogP contribution in [0.1, 0.15) is 18.9 Å². The first-order chi connectivity index (χ1) is 13.5. The molecule has 0 radical (unpaired) electrons. The third kappa shape index (κ3) is 4.34. The fourth-order valence-corrected chi connectivity index (χ4v) is 3.30. The summed E-state index contributed by atoms with van der Waals surface area (Å²) in [5.74, 6) is 0.363. The number of ether oxygens (including phenoxy) is 1. The SMILES string of the molecule is CCCN(Cc1cnc(OC)c2ccccc12)C(=O)NC1=C[C@H](Cl)C(=O)C=C1. The van der Waals surface area contributed by atoms with Gasteiger partial charge in [-0.1, -0.05) is 25.1 Å². The molecule has 2 aromatic rings. The predicted octanol–water partition coefficient (Wildman–Crippen LogP) is 3.80. The van der Waals surface area contributed by atoms with Gasteiger partial charge in [-0.25, -0.2) is 9.78 Å². The maximum atomic E-state index is 12.8. The molecule has 6 nitrogen and oxygen atoms in total. The molecule has 0 unspecified atom stereocenters. The first kappa shape index (κ1) is 19.9. The molecular weight excluding hydrogens is 378 g/mol. The van der Waals surface area contributed by atoms with Crippen LogP contribution in [-0.4, -0.2) is 40.7 Å². The largest absolute Gasteiger partial charge is 0.481 e. The molecule has 0 saturated heterocycles. The zero-order chi connectivity index (χ0) is 20.1. The van der Waals surface area contributed by atoms with Crippen molar-refractivity contribution in [3.63, 3.8) is 0 Å². The van der Waals surface area contributed by atoms with Crippen molar-refractivity contribution in [3.05, 3.63) is 60.0 Å². The van der Waals surface area contributed by atoms with Gasteiger partial charge in [-0.2, -0.15) is 0 Å². The van der Waals surface area contributed by atoms with Crippen LogP contribution < -0.4 is 10.1 Å². The lowest BCUT2D eigenvalue weighted by atomic mass is 10.1. The van der Waals surface area contributed by atoms with Crippen molar-refractivity contribution in [1.29, 1.82) is 0 Å². The maximum absolute atomic E-state index is 12.8. The molecule has 1 aromatic heterocycles. The minimum Gasteiger partial charge on any atom is -0.481 e. The lowest BCUT2D eigenvalue weighted by molar-refractivity contribution is -0.113. The number of alkyl halides is 1. The van der Waals surface area contributed by atoms with Gasteiger partial charge in [-0.05, 0) is 41.7 Å². The van der Waals surface area contributed by atoms with Crippen LogP contribution in [0.4, 0.5) is 4.79 Å². The highest BCUT2D eigenvalue weighted by molar-refractivity contribution is 6.34. The number of amides is 2. The molecule has 1 heterocycles. The Hall–Kier alpha value is -2.86. The monoisotopic (exact) mass is 399 g/mol. The average Bonchev–Trinajstić information content (AvgIpc) is 2.70. The molecular formula is C21H22ClN3O3. The average molecular weight is 400 g/mol. The summed E-state index contributed by atoms with van der Waals surface area (Å²) in [5, 5.41) is 3.97. The van der Waals surface area contributed by atoms with E-state index in [4.69, 9.17) is 16.3 Å². The third-order valence-corrected chi connectivity index (χ3v) is 4.79. The summed E-state index contributed by atoms with van der Waals surface area (Å²) in [6.07, 6.45) is 7.02. The number of benzene rings is 1.